The summed E-state index contributed by atoms with van der Waals surface area (Å²) in [6.07, 6.45) is 0. The van der Waals surface area contributed by atoms with Crippen molar-refractivity contribution in [3.05, 3.63) is 57.8 Å². The van der Waals surface area contributed by atoms with E-state index < -0.39 is 5.97 Å². The number of carbonyl (C=O) groups excluding carboxylic acids is 2. The van der Waals surface area contributed by atoms with E-state index in [2.05, 4.69) is 4.74 Å². The first-order chi connectivity index (χ1) is 9.20. The van der Waals surface area contributed by atoms with Gasteiger partial charge in [-0.2, -0.15) is 0 Å². The second-order valence-electron chi connectivity index (χ2n) is 3.75. The fraction of sp³-hybridized carbons (Fsp3) is 0.143. The molecule has 0 amide bonds. The standard InChI is InChI=1S/C14H12O4S/c1-17-13(15)11-5-2-4-10(8-11)9-18-14(16)12-6-3-7-19-12/h2-8H,9H2,1H3. The Labute approximate surface area is 114 Å². The molecule has 4 nitrogen and oxygen atoms in total. The van der Waals surface area contributed by atoms with Crippen molar-refractivity contribution in [2.24, 2.45) is 0 Å². The summed E-state index contributed by atoms with van der Waals surface area (Å²) in [5, 5.41) is 1.81. The van der Waals surface area contributed by atoms with Crippen molar-refractivity contribution in [3.63, 3.8) is 0 Å². The minimum atomic E-state index is -0.411. The molecule has 0 unspecified atom stereocenters. The number of hydrogen-bond acceptors (Lipinski definition) is 5. The van der Waals surface area contributed by atoms with Gasteiger partial charge in [0.15, 0.2) is 0 Å². The Morgan fingerprint density at radius 1 is 1.16 bits per heavy atom. The van der Waals surface area contributed by atoms with E-state index in [0.717, 1.165) is 5.56 Å². The topological polar surface area (TPSA) is 52.6 Å². The number of methoxy groups -OCH3 is 1. The Morgan fingerprint density at radius 2 is 2.00 bits per heavy atom. The number of benzene rings is 1. The lowest BCUT2D eigenvalue weighted by molar-refractivity contribution is 0.0478. The summed E-state index contributed by atoms with van der Waals surface area (Å²) in [5.74, 6) is -0.773. The predicted octanol–water partition coefficient (Wildman–Crippen LogP) is 2.89. The number of thiophene rings is 1. The Hall–Kier alpha value is -2.14. The molecule has 0 N–H and O–H groups in total. The van der Waals surface area contributed by atoms with Gasteiger partial charge in [0.05, 0.1) is 12.7 Å². The molecular weight excluding hydrogens is 264 g/mol. The highest BCUT2D eigenvalue weighted by Crippen LogP contribution is 2.13. The summed E-state index contributed by atoms with van der Waals surface area (Å²) < 4.78 is 9.79. The quantitative estimate of drug-likeness (QED) is 0.806. The second-order valence-corrected chi connectivity index (χ2v) is 4.69. The third-order valence-corrected chi connectivity index (χ3v) is 3.29. The summed E-state index contributed by atoms with van der Waals surface area (Å²) in [7, 11) is 1.33. The van der Waals surface area contributed by atoms with Gasteiger partial charge in [-0.3, -0.25) is 0 Å². The normalized spacial score (nSPS) is 9.95. The van der Waals surface area contributed by atoms with Gasteiger partial charge in [-0.15, -0.1) is 11.3 Å². The molecule has 1 aromatic carbocycles. The van der Waals surface area contributed by atoms with Crippen LogP contribution in [0.3, 0.4) is 0 Å². The molecule has 0 aliphatic rings. The van der Waals surface area contributed by atoms with E-state index in [1.165, 1.54) is 18.4 Å². The first kappa shape index (κ1) is 13.3. The average molecular weight is 276 g/mol. The highest BCUT2D eigenvalue weighted by Gasteiger charge is 2.09. The van der Waals surface area contributed by atoms with Crippen molar-refractivity contribution >= 4 is 23.3 Å². The van der Waals surface area contributed by atoms with Gasteiger partial charge in [-0.1, -0.05) is 18.2 Å². The van der Waals surface area contributed by atoms with Gasteiger partial charge < -0.3 is 9.47 Å². The van der Waals surface area contributed by atoms with Crippen molar-refractivity contribution in [3.8, 4) is 0 Å². The lowest BCUT2D eigenvalue weighted by Crippen LogP contribution is -2.05. The van der Waals surface area contributed by atoms with Gasteiger partial charge in [-0.05, 0) is 29.1 Å². The van der Waals surface area contributed by atoms with Crippen LogP contribution in [0.4, 0.5) is 0 Å². The number of ether oxygens (including phenoxy) is 2. The van der Waals surface area contributed by atoms with Gasteiger partial charge in [0.2, 0.25) is 0 Å². The molecule has 0 spiro atoms. The number of rotatable bonds is 4. The molecule has 98 valence electrons. The largest absolute Gasteiger partial charge is 0.465 e. The highest BCUT2D eigenvalue weighted by molar-refractivity contribution is 7.11. The zero-order chi connectivity index (χ0) is 13.7. The van der Waals surface area contributed by atoms with Gasteiger partial charge in [0.1, 0.15) is 11.5 Å². The monoisotopic (exact) mass is 276 g/mol. The van der Waals surface area contributed by atoms with Crippen LogP contribution in [-0.2, 0) is 16.1 Å². The van der Waals surface area contributed by atoms with Crippen LogP contribution in [0.15, 0.2) is 41.8 Å². The van der Waals surface area contributed by atoms with Crippen LogP contribution in [0, 0.1) is 0 Å². The van der Waals surface area contributed by atoms with Crippen LogP contribution in [0.2, 0.25) is 0 Å². The molecule has 2 aromatic rings. The van der Waals surface area contributed by atoms with Crippen LogP contribution >= 0.6 is 11.3 Å². The summed E-state index contributed by atoms with van der Waals surface area (Å²) in [5.41, 5.74) is 1.18. The molecule has 0 fully saturated rings. The van der Waals surface area contributed by atoms with Crippen LogP contribution < -0.4 is 0 Å². The Morgan fingerprint density at radius 3 is 2.68 bits per heavy atom. The van der Waals surface area contributed by atoms with E-state index in [4.69, 9.17) is 4.74 Å². The average Bonchev–Trinajstić information content (AvgIpc) is 2.98. The maximum atomic E-state index is 11.7. The predicted molar refractivity (Wildman–Crippen MR) is 71.2 cm³/mol. The number of hydrogen-bond donors (Lipinski definition) is 0. The van der Waals surface area contributed by atoms with E-state index in [1.807, 2.05) is 5.38 Å². The molecule has 0 radical (unpaired) electrons. The number of esters is 2. The van der Waals surface area contributed by atoms with E-state index in [-0.39, 0.29) is 12.6 Å². The molecule has 0 bridgehead atoms. The lowest BCUT2D eigenvalue weighted by Gasteiger charge is -2.05. The van der Waals surface area contributed by atoms with E-state index in [1.54, 1.807) is 36.4 Å². The summed E-state index contributed by atoms with van der Waals surface area (Å²) >= 11 is 1.33. The summed E-state index contributed by atoms with van der Waals surface area (Å²) in [4.78, 5) is 23.6. The minimum absolute atomic E-state index is 0.127. The SMILES string of the molecule is COC(=O)c1cccc(COC(=O)c2cccs2)c1. The third kappa shape index (κ3) is 3.42. The maximum absolute atomic E-state index is 11.7. The Kier molecular flexibility index (Phi) is 4.30. The molecule has 0 saturated heterocycles. The highest BCUT2D eigenvalue weighted by atomic mass is 32.1. The molecule has 2 rings (SSSR count). The Balaban J connectivity index is 2.00. The molecule has 0 atom stereocenters. The van der Waals surface area contributed by atoms with E-state index in [0.29, 0.717) is 10.4 Å². The molecule has 0 aliphatic carbocycles. The third-order valence-electron chi connectivity index (χ3n) is 2.44. The Bertz CT molecular complexity index is 575. The molecule has 1 heterocycles. The minimum Gasteiger partial charge on any atom is -0.465 e. The fourth-order valence-electron chi connectivity index (χ4n) is 1.52. The number of carbonyl (C=O) groups is 2. The molecule has 1 aromatic heterocycles. The van der Waals surface area contributed by atoms with Crippen LogP contribution in [0.1, 0.15) is 25.6 Å². The van der Waals surface area contributed by atoms with E-state index in [9.17, 15) is 9.59 Å². The zero-order valence-electron chi connectivity index (χ0n) is 10.3. The molecular formula is C14H12O4S. The van der Waals surface area contributed by atoms with Gasteiger partial charge in [-0.25, -0.2) is 9.59 Å². The lowest BCUT2D eigenvalue weighted by atomic mass is 10.1. The fourth-order valence-corrected chi connectivity index (χ4v) is 2.14. The summed E-state index contributed by atoms with van der Waals surface area (Å²) in [6.45, 7) is 0.127. The first-order valence-electron chi connectivity index (χ1n) is 5.58. The molecule has 0 aliphatic heterocycles. The molecule has 5 heteroatoms. The van der Waals surface area contributed by atoms with Gasteiger partial charge >= 0.3 is 11.9 Å². The van der Waals surface area contributed by atoms with Crippen molar-refractivity contribution in [1.82, 2.24) is 0 Å². The van der Waals surface area contributed by atoms with Crippen LogP contribution in [-0.4, -0.2) is 19.0 Å². The van der Waals surface area contributed by atoms with Crippen molar-refractivity contribution < 1.29 is 19.1 Å². The van der Waals surface area contributed by atoms with E-state index >= 15 is 0 Å². The van der Waals surface area contributed by atoms with Crippen molar-refractivity contribution in [1.29, 1.82) is 0 Å². The summed E-state index contributed by atoms with van der Waals surface area (Å²) in [6, 6.07) is 10.3. The zero-order valence-corrected chi connectivity index (χ0v) is 11.1. The van der Waals surface area contributed by atoms with Gasteiger partial charge in [0.25, 0.3) is 0 Å². The smallest absolute Gasteiger partial charge is 0.348 e. The van der Waals surface area contributed by atoms with Gasteiger partial charge in [0, 0.05) is 0 Å². The van der Waals surface area contributed by atoms with Crippen LogP contribution in [0.25, 0.3) is 0 Å². The van der Waals surface area contributed by atoms with Crippen molar-refractivity contribution in [2.75, 3.05) is 7.11 Å². The second kappa shape index (κ2) is 6.15. The molecule has 19 heavy (non-hydrogen) atoms. The van der Waals surface area contributed by atoms with Crippen LogP contribution in [0.5, 0.6) is 0 Å². The molecule has 0 saturated carbocycles. The maximum Gasteiger partial charge on any atom is 0.348 e. The van der Waals surface area contributed by atoms with Crippen molar-refractivity contribution in [2.45, 2.75) is 6.61 Å². The first-order valence-corrected chi connectivity index (χ1v) is 6.46.